The molecule has 0 fully saturated rings. The van der Waals surface area contributed by atoms with Gasteiger partial charge in [0.25, 0.3) is 0 Å². The third-order valence-electron chi connectivity index (χ3n) is 2.33. The van der Waals surface area contributed by atoms with Gasteiger partial charge in [0, 0.05) is 32.3 Å². The Hall–Kier alpha value is -1.13. The van der Waals surface area contributed by atoms with E-state index in [4.69, 9.17) is 11.6 Å². The van der Waals surface area contributed by atoms with E-state index in [0.717, 1.165) is 5.56 Å². The van der Waals surface area contributed by atoms with Crippen molar-refractivity contribution in [3.05, 3.63) is 29.0 Å². The van der Waals surface area contributed by atoms with E-state index in [1.165, 1.54) is 0 Å². The lowest BCUT2D eigenvalue weighted by atomic mass is 10.1. The molecular formula is C11H16ClN3O. The van der Waals surface area contributed by atoms with E-state index >= 15 is 0 Å². The monoisotopic (exact) mass is 241 g/mol. The molecule has 0 aliphatic rings. The van der Waals surface area contributed by atoms with Gasteiger partial charge in [-0.3, -0.25) is 4.79 Å². The molecule has 88 valence electrons. The van der Waals surface area contributed by atoms with Crippen molar-refractivity contribution in [2.24, 2.45) is 0 Å². The van der Waals surface area contributed by atoms with E-state index in [0.29, 0.717) is 18.1 Å². The number of pyridine rings is 1. The summed E-state index contributed by atoms with van der Waals surface area (Å²) < 4.78 is 0. The number of hydrogen-bond acceptors (Lipinski definition) is 3. The fourth-order valence-corrected chi connectivity index (χ4v) is 1.51. The lowest BCUT2D eigenvalue weighted by molar-refractivity contribution is -0.120. The first-order valence-electron chi connectivity index (χ1n) is 5.19. The van der Waals surface area contributed by atoms with Crippen LogP contribution >= 0.6 is 11.6 Å². The second-order valence-electron chi connectivity index (χ2n) is 3.51. The van der Waals surface area contributed by atoms with Crippen molar-refractivity contribution in [3.63, 3.8) is 0 Å². The van der Waals surface area contributed by atoms with Gasteiger partial charge in [0.2, 0.25) is 5.91 Å². The summed E-state index contributed by atoms with van der Waals surface area (Å²) in [6.07, 6.45) is 2.15. The molecule has 0 radical (unpaired) electrons. The highest BCUT2D eigenvalue weighted by Crippen LogP contribution is 2.14. The van der Waals surface area contributed by atoms with Crippen molar-refractivity contribution >= 4 is 17.5 Å². The lowest BCUT2D eigenvalue weighted by Gasteiger charge is -2.13. The van der Waals surface area contributed by atoms with E-state index < -0.39 is 0 Å². The number of rotatable bonds is 5. The van der Waals surface area contributed by atoms with Crippen LogP contribution in [0.3, 0.4) is 0 Å². The van der Waals surface area contributed by atoms with Gasteiger partial charge < -0.3 is 10.6 Å². The highest BCUT2D eigenvalue weighted by Gasteiger charge is 2.06. The van der Waals surface area contributed by atoms with E-state index in [-0.39, 0.29) is 11.9 Å². The van der Waals surface area contributed by atoms with E-state index in [2.05, 4.69) is 15.6 Å². The Bertz CT molecular complexity index is 357. The molecule has 1 aromatic rings. The second kappa shape index (κ2) is 6.45. The summed E-state index contributed by atoms with van der Waals surface area (Å²) in [6, 6.07) is 3.88. The largest absolute Gasteiger partial charge is 0.359 e. The molecule has 1 rings (SSSR count). The fraction of sp³-hybridized carbons (Fsp3) is 0.455. The summed E-state index contributed by atoms with van der Waals surface area (Å²) in [4.78, 5) is 14.9. The van der Waals surface area contributed by atoms with Gasteiger partial charge in [0.15, 0.2) is 0 Å². The highest BCUT2D eigenvalue weighted by atomic mass is 35.5. The number of carbonyl (C=O) groups is 1. The van der Waals surface area contributed by atoms with Gasteiger partial charge in [0.1, 0.15) is 5.15 Å². The van der Waals surface area contributed by atoms with Crippen molar-refractivity contribution in [3.8, 4) is 0 Å². The predicted octanol–water partition coefficient (Wildman–Crippen LogP) is 1.52. The van der Waals surface area contributed by atoms with Crippen molar-refractivity contribution in [1.82, 2.24) is 15.6 Å². The Balaban J connectivity index is 2.40. The van der Waals surface area contributed by atoms with Crippen molar-refractivity contribution < 1.29 is 4.79 Å². The lowest BCUT2D eigenvalue weighted by Crippen LogP contribution is -2.26. The minimum Gasteiger partial charge on any atom is -0.359 e. The third kappa shape index (κ3) is 4.16. The summed E-state index contributed by atoms with van der Waals surface area (Å²) in [7, 11) is 1.63. The summed E-state index contributed by atoms with van der Waals surface area (Å²) in [5.74, 6) is 0.0347. The van der Waals surface area contributed by atoms with Crippen LogP contribution < -0.4 is 10.6 Å². The smallest absolute Gasteiger partial charge is 0.221 e. The molecule has 0 saturated heterocycles. The average Bonchev–Trinajstić information content (AvgIpc) is 2.28. The Morgan fingerprint density at radius 3 is 3.00 bits per heavy atom. The molecule has 4 nitrogen and oxygen atoms in total. The molecule has 16 heavy (non-hydrogen) atoms. The zero-order valence-electron chi connectivity index (χ0n) is 9.46. The number of amides is 1. The molecule has 0 bridgehead atoms. The van der Waals surface area contributed by atoms with Crippen LogP contribution in [-0.4, -0.2) is 24.5 Å². The molecule has 1 atom stereocenters. The molecule has 0 spiro atoms. The molecule has 5 heteroatoms. The number of hydrogen-bond donors (Lipinski definition) is 2. The Kier molecular flexibility index (Phi) is 5.22. The first-order chi connectivity index (χ1) is 7.63. The van der Waals surface area contributed by atoms with Gasteiger partial charge in [-0.25, -0.2) is 4.98 Å². The number of carbonyl (C=O) groups excluding carboxylic acids is 1. The highest BCUT2D eigenvalue weighted by molar-refractivity contribution is 6.29. The van der Waals surface area contributed by atoms with Crippen LogP contribution in [0.4, 0.5) is 0 Å². The topological polar surface area (TPSA) is 54.0 Å². The zero-order valence-corrected chi connectivity index (χ0v) is 10.2. The van der Waals surface area contributed by atoms with E-state index in [1.54, 1.807) is 13.2 Å². The van der Waals surface area contributed by atoms with Crippen LogP contribution in [0.25, 0.3) is 0 Å². The van der Waals surface area contributed by atoms with E-state index in [9.17, 15) is 4.79 Å². The number of nitrogens with one attached hydrogen (secondary N) is 2. The molecule has 0 aromatic carbocycles. The van der Waals surface area contributed by atoms with Crippen LogP contribution in [0.2, 0.25) is 5.15 Å². The molecule has 0 aliphatic heterocycles. The second-order valence-corrected chi connectivity index (χ2v) is 3.90. The van der Waals surface area contributed by atoms with Gasteiger partial charge in [-0.1, -0.05) is 11.6 Å². The van der Waals surface area contributed by atoms with Crippen molar-refractivity contribution in [1.29, 1.82) is 0 Å². The molecule has 1 amide bonds. The molecule has 0 aliphatic carbocycles. The minimum absolute atomic E-state index is 0.0347. The van der Waals surface area contributed by atoms with Crippen LogP contribution in [-0.2, 0) is 4.79 Å². The Morgan fingerprint density at radius 1 is 1.62 bits per heavy atom. The molecular weight excluding hydrogens is 226 g/mol. The Labute approximate surface area is 100 Å². The van der Waals surface area contributed by atoms with E-state index in [1.807, 2.05) is 19.1 Å². The number of aromatic nitrogens is 1. The van der Waals surface area contributed by atoms with Gasteiger partial charge in [-0.15, -0.1) is 0 Å². The SMILES string of the molecule is CNC(=O)CCNC(C)c1ccnc(Cl)c1. The van der Waals surface area contributed by atoms with Gasteiger partial charge >= 0.3 is 0 Å². The van der Waals surface area contributed by atoms with Crippen molar-refractivity contribution in [2.75, 3.05) is 13.6 Å². The average molecular weight is 242 g/mol. The first-order valence-corrected chi connectivity index (χ1v) is 5.56. The van der Waals surface area contributed by atoms with Gasteiger partial charge in [0.05, 0.1) is 0 Å². The molecule has 0 saturated carbocycles. The molecule has 1 unspecified atom stereocenters. The third-order valence-corrected chi connectivity index (χ3v) is 2.54. The standard InChI is InChI=1S/C11H16ClN3O/c1-8(14-6-4-11(16)13-2)9-3-5-15-10(12)7-9/h3,5,7-8,14H,4,6H2,1-2H3,(H,13,16). The van der Waals surface area contributed by atoms with Crippen LogP contribution in [0.15, 0.2) is 18.3 Å². The number of nitrogens with zero attached hydrogens (tertiary/aromatic N) is 1. The van der Waals surface area contributed by atoms with Crippen LogP contribution in [0.1, 0.15) is 24.9 Å². The summed E-state index contributed by atoms with van der Waals surface area (Å²) >= 11 is 5.79. The Morgan fingerprint density at radius 2 is 2.38 bits per heavy atom. The molecule has 1 heterocycles. The summed E-state index contributed by atoms with van der Waals surface area (Å²) in [5, 5.41) is 6.31. The summed E-state index contributed by atoms with van der Waals surface area (Å²) in [6.45, 7) is 2.66. The van der Waals surface area contributed by atoms with Crippen LogP contribution in [0.5, 0.6) is 0 Å². The fourth-order valence-electron chi connectivity index (χ4n) is 1.33. The first kappa shape index (κ1) is 12.9. The summed E-state index contributed by atoms with van der Waals surface area (Å²) in [5.41, 5.74) is 1.07. The minimum atomic E-state index is 0.0347. The molecule has 2 N–H and O–H groups in total. The van der Waals surface area contributed by atoms with Crippen LogP contribution in [0, 0.1) is 0 Å². The zero-order chi connectivity index (χ0) is 12.0. The molecule has 1 aromatic heterocycles. The number of halogens is 1. The van der Waals surface area contributed by atoms with Crippen molar-refractivity contribution in [2.45, 2.75) is 19.4 Å². The predicted molar refractivity (Wildman–Crippen MR) is 64.3 cm³/mol. The van der Waals surface area contributed by atoms with Gasteiger partial charge in [-0.05, 0) is 24.6 Å². The van der Waals surface area contributed by atoms with Gasteiger partial charge in [-0.2, -0.15) is 0 Å². The normalized spacial score (nSPS) is 12.2. The maximum Gasteiger partial charge on any atom is 0.221 e. The quantitative estimate of drug-likeness (QED) is 0.769. The maximum absolute atomic E-state index is 11.0. The maximum atomic E-state index is 11.0.